The highest BCUT2D eigenvalue weighted by Gasteiger charge is 2.14. The molecule has 30 heavy (non-hydrogen) atoms. The van der Waals surface area contributed by atoms with E-state index in [-0.39, 0.29) is 0 Å². The minimum absolute atomic E-state index is 0.673. The van der Waals surface area contributed by atoms with Crippen molar-refractivity contribution >= 4 is 39.8 Å². The molecule has 4 heterocycles. The van der Waals surface area contributed by atoms with Crippen LogP contribution in [0.2, 0.25) is 0 Å². The molecule has 0 unspecified atom stereocenters. The summed E-state index contributed by atoms with van der Waals surface area (Å²) < 4.78 is 11.6. The van der Waals surface area contributed by atoms with Crippen molar-refractivity contribution < 1.29 is 4.74 Å². The Hall–Kier alpha value is -3.37. The minimum atomic E-state index is 0.673. The Labute approximate surface area is 180 Å². The molecule has 150 valence electrons. The van der Waals surface area contributed by atoms with Crippen LogP contribution in [-0.4, -0.2) is 36.0 Å². The number of nitrogens with one attached hydrogen (secondary N) is 2. The van der Waals surface area contributed by atoms with E-state index < -0.39 is 0 Å². The first kappa shape index (κ1) is 18.6. The van der Waals surface area contributed by atoms with Crippen LogP contribution in [0.15, 0.2) is 65.0 Å². The molecule has 0 bridgehead atoms. The highest BCUT2D eigenvalue weighted by Crippen LogP contribution is 2.32. The van der Waals surface area contributed by atoms with Crippen LogP contribution < -0.4 is 10.1 Å². The van der Waals surface area contributed by atoms with Gasteiger partial charge in [0, 0.05) is 29.0 Å². The molecule has 0 saturated heterocycles. The van der Waals surface area contributed by atoms with Crippen molar-refractivity contribution in [2.75, 3.05) is 12.4 Å². The van der Waals surface area contributed by atoms with Gasteiger partial charge < -0.3 is 14.5 Å². The first-order chi connectivity index (χ1) is 14.7. The third kappa shape index (κ3) is 3.74. The number of hydrogen-bond donors (Lipinski definition) is 2. The maximum Gasteiger partial charge on any atom is 0.181 e. The van der Waals surface area contributed by atoms with E-state index in [0.717, 1.165) is 43.3 Å². The van der Waals surface area contributed by atoms with E-state index in [1.54, 1.807) is 25.1 Å². The summed E-state index contributed by atoms with van der Waals surface area (Å²) in [6.45, 7) is 1.97. The van der Waals surface area contributed by atoms with Crippen LogP contribution in [0.5, 0.6) is 5.75 Å². The molecule has 5 aromatic rings. The summed E-state index contributed by atoms with van der Waals surface area (Å²) in [6.07, 6.45) is 7.52. The average Bonchev–Trinajstić information content (AvgIpc) is 3.49. The quantitative estimate of drug-likeness (QED) is 0.396. The fourth-order valence-electron chi connectivity index (χ4n) is 2.94. The maximum atomic E-state index is 5.24. The Morgan fingerprint density at radius 1 is 1.17 bits per heavy atom. The van der Waals surface area contributed by atoms with E-state index in [1.807, 2.05) is 60.2 Å². The molecule has 10 heteroatoms. The van der Waals surface area contributed by atoms with Crippen LogP contribution in [0.25, 0.3) is 16.9 Å². The van der Waals surface area contributed by atoms with Crippen molar-refractivity contribution in [2.45, 2.75) is 16.8 Å². The lowest BCUT2D eigenvalue weighted by Crippen LogP contribution is -1.98. The number of imidazole rings is 1. The van der Waals surface area contributed by atoms with Crippen molar-refractivity contribution in [3.63, 3.8) is 0 Å². The molecule has 0 spiro atoms. The Morgan fingerprint density at radius 3 is 2.73 bits per heavy atom. The molecular formula is C20H17N7OS2. The van der Waals surface area contributed by atoms with Gasteiger partial charge in [-0.15, -0.1) is 0 Å². The summed E-state index contributed by atoms with van der Waals surface area (Å²) in [5.41, 5.74) is 3.43. The van der Waals surface area contributed by atoms with Crippen LogP contribution >= 0.6 is 23.3 Å². The Balaban J connectivity index is 1.56. The van der Waals surface area contributed by atoms with Gasteiger partial charge in [0.2, 0.25) is 0 Å². The number of H-pyrrole nitrogens is 1. The van der Waals surface area contributed by atoms with E-state index in [9.17, 15) is 0 Å². The zero-order valence-corrected chi connectivity index (χ0v) is 17.8. The number of fused-ring (bicyclic) bond motifs is 1. The molecule has 0 saturated carbocycles. The van der Waals surface area contributed by atoms with Gasteiger partial charge in [-0.1, -0.05) is 11.8 Å². The van der Waals surface area contributed by atoms with Gasteiger partial charge in [0.1, 0.15) is 15.8 Å². The van der Waals surface area contributed by atoms with Crippen LogP contribution in [0.1, 0.15) is 5.69 Å². The van der Waals surface area contributed by atoms with Gasteiger partial charge in [0.05, 0.1) is 24.7 Å². The molecular weight excluding hydrogens is 418 g/mol. The van der Waals surface area contributed by atoms with E-state index in [2.05, 4.69) is 19.9 Å². The van der Waals surface area contributed by atoms with E-state index in [0.29, 0.717) is 5.82 Å². The molecule has 0 aliphatic rings. The first-order valence-corrected chi connectivity index (χ1v) is 10.7. The highest BCUT2D eigenvalue weighted by molar-refractivity contribution is 7.99. The van der Waals surface area contributed by atoms with Crippen molar-refractivity contribution in [1.82, 2.24) is 28.9 Å². The lowest BCUT2D eigenvalue weighted by Gasteiger charge is -2.08. The third-order valence-electron chi connectivity index (χ3n) is 4.36. The number of ether oxygens (including phenoxy) is 1. The van der Waals surface area contributed by atoms with Crippen molar-refractivity contribution in [3.8, 4) is 17.0 Å². The van der Waals surface area contributed by atoms with Crippen LogP contribution in [0.4, 0.5) is 10.8 Å². The van der Waals surface area contributed by atoms with Crippen molar-refractivity contribution in [3.05, 3.63) is 60.8 Å². The van der Waals surface area contributed by atoms with Crippen molar-refractivity contribution in [1.29, 1.82) is 0 Å². The van der Waals surface area contributed by atoms with Gasteiger partial charge in [-0.25, -0.2) is 9.97 Å². The fraction of sp³-hybridized carbons (Fsp3) is 0.100. The molecule has 8 nitrogen and oxygen atoms in total. The number of methoxy groups -OCH3 is 1. The summed E-state index contributed by atoms with van der Waals surface area (Å²) in [6, 6.07) is 9.90. The largest absolute Gasteiger partial charge is 0.497 e. The number of nitrogens with zero attached hydrogens (tertiary/aromatic N) is 5. The molecule has 0 atom stereocenters. The summed E-state index contributed by atoms with van der Waals surface area (Å²) in [5.74, 6) is 1.50. The minimum Gasteiger partial charge on any atom is -0.497 e. The van der Waals surface area contributed by atoms with E-state index in [1.165, 1.54) is 11.5 Å². The molecule has 0 radical (unpaired) electrons. The van der Waals surface area contributed by atoms with Gasteiger partial charge in [-0.3, -0.25) is 5.10 Å². The normalized spacial score (nSPS) is 11.1. The summed E-state index contributed by atoms with van der Waals surface area (Å²) in [4.78, 5) is 10.7. The Bertz CT molecular complexity index is 1290. The first-order valence-electron chi connectivity index (χ1n) is 9.09. The SMILES string of the molecule is COc1ccc(Sc2cn3cc(-c4cn[nH]c4)nc3c(Nc3cc(C)ns3)n2)cc1. The second kappa shape index (κ2) is 7.81. The molecule has 0 amide bonds. The Kier molecular flexibility index (Phi) is 4.85. The van der Waals surface area contributed by atoms with Gasteiger partial charge in [0.15, 0.2) is 11.5 Å². The topological polar surface area (TPSA) is 93.0 Å². The zero-order valence-electron chi connectivity index (χ0n) is 16.2. The molecule has 0 aliphatic heterocycles. The van der Waals surface area contributed by atoms with Gasteiger partial charge in [-0.2, -0.15) is 9.47 Å². The van der Waals surface area contributed by atoms with Crippen LogP contribution in [-0.2, 0) is 0 Å². The number of aromatic nitrogens is 6. The Morgan fingerprint density at radius 2 is 2.03 bits per heavy atom. The van der Waals surface area contributed by atoms with Gasteiger partial charge >= 0.3 is 0 Å². The van der Waals surface area contributed by atoms with E-state index >= 15 is 0 Å². The van der Waals surface area contributed by atoms with Crippen molar-refractivity contribution in [2.24, 2.45) is 0 Å². The third-order valence-corrected chi connectivity index (χ3v) is 6.07. The predicted molar refractivity (Wildman–Crippen MR) is 118 cm³/mol. The summed E-state index contributed by atoms with van der Waals surface area (Å²) in [5, 5.41) is 12.0. The summed E-state index contributed by atoms with van der Waals surface area (Å²) in [7, 11) is 1.66. The predicted octanol–water partition coefficient (Wildman–Crippen LogP) is 4.79. The number of aromatic amines is 1. The number of anilines is 2. The lowest BCUT2D eigenvalue weighted by atomic mass is 10.3. The lowest BCUT2D eigenvalue weighted by molar-refractivity contribution is 0.414. The second-order valence-electron chi connectivity index (χ2n) is 6.51. The van der Waals surface area contributed by atoms with Crippen LogP contribution in [0.3, 0.4) is 0 Å². The average molecular weight is 436 g/mol. The van der Waals surface area contributed by atoms with Gasteiger partial charge in [0.25, 0.3) is 0 Å². The maximum absolute atomic E-state index is 5.24. The zero-order chi connectivity index (χ0) is 20.5. The molecule has 5 rings (SSSR count). The second-order valence-corrected chi connectivity index (χ2v) is 8.41. The van der Waals surface area contributed by atoms with Crippen LogP contribution in [0, 0.1) is 6.92 Å². The summed E-state index contributed by atoms with van der Waals surface area (Å²) >= 11 is 2.97. The molecule has 1 aromatic carbocycles. The monoisotopic (exact) mass is 435 g/mol. The van der Waals surface area contributed by atoms with Gasteiger partial charge in [-0.05, 0) is 48.8 Å². The standard InChI is InChI=1S/C20H17N7OS2/c1-12-7-17(30-26-12)24-19-20-23-16(13-8-21-22-9-13)10-27(20)11-18(25-19)29-15-5-3-14(28-2)4-6-15/h3-11H,1-2H3,(H,21,22)(H,24,25). The molecule has 0 aliphatic carbocycles. The number of aryl methyl sites for hydroxylation is 1. The molecule has 0 fully saturated rings. The highest BCUT2D eigenvalue weighted by atomic mass is 32.2. The number of benzene rings is 1. The van der Waals surface area contributed by atoms with E-state index in [4.69, 9.17) is 14.7 Å². The number of hydrogen-bond acceptors (Lipinski definition) is 8. The number of rotatable bonds is 6. The molecule has 2 N–H and O–H groups in total. The fourth-order valence-corrected chi connectivity index (χ4v) is 4.42. The molecule has 4 aromatic heterocycles. The smallest absolute Gasteiger partial charge is 0.181 e.